The second-order valence-electron chi connectivity index (χ2n) is 2.78. The van der Waals surface area contributed by atoms with E-state index in [4.69, 9.17) is 57.0 Å². The first-order valence-electron chi connectivity index (χ1n) is 3.76. The Hall–Kier alpha value is 0.887. The molecule has 0 aliphatic heterocycles. The molecule has 0 fully saturated rings. The fourth-order valence-electron chi connectivity index (χ4n) is 0.993. The Morgan fingerprint density at radius 3 is 2.14 bits per heavy atom. The van der Waals surface area contributed by atoms with Gasteiger partial charge in [-0.05, 0) is 11.6 Å². The van der Waals surface area contributed by atoms with Crippen LogP contribution in [0.3, 0.4) is 0 Å². The van der Waals surface area contributed by atoms with Crippen molar-refractivity contribution < 1.29 is 0 Å². The van der Waals surface area contributed by atoms with Crippen molar-refractivity contribution in [1.29, 1.82) is 0 Å². The molecule has 1 unspecified atom stereocenters. The number of benzene rings is 1. The van der Waals surface area contributed by atoms with Crippen molar-refractivity contribution in [3.05, 3.63) is 32.8 Å². The van der Waals surface area contributed by atoms with Gasteiger partial charge in [0.05, 0.1) is 15.1 Å². The summed E-state index contributed by atoms with van der Waals surface area (Å²) in [5.41, 5.74) is 0.866. The van der Waals surface area contributed by atoms with Gasteiger partial charge in [-0.15, -0.1) is 22.2 Å². The van der Waals surface area contributed by atoms with E-state index in [0.29, 0.717) is 15.1 Å². The number of halogens is 5. The monoisotopic (exact) mass is 305 g/mol. The Bertz CT molecular complexity index is 339. The molecule has 1 rings (SSSR count). The molecule has 0 aliphatic carbocycles. The molecule has 1 radical (unpaired) electrons. The van der Waals surface area contributed by atoms with E-state index < -0.39 is 7.42 Å². The van der Waals surface area contributed by atoms with E-state index in [9.17, 15) is 0 Å². The topological polar surface area (TPSA) is 0 Å². The zero-order valence-electron chi connectivity index (χ0n) is 7.12. The summed E-state index contributed by atoms with van der Waals surface area (Å²) in [4.78, 5) is 0. The maximum Gasteiger partial charge on any atom is 0.281 e. The quantitative estimate of drug-likeness (QED) is 0.397. The predicted octanol–water partition coefficient (Wildman–Crippen LogP) is 5.26. The van der Waals surface area contributed by atoms with Gasteiger partial charge in [-0.1, -0.05) is 47.8 Å². The lowest BCUT2D eigenvalue weighted by Crippen LogP contribution is -2.08. The summed E-state index contributed by atoms with van der Waals surface area (Å²) in [6.07, 6.45) is 0. The fourth-order valence-corrected chi connectivity index (χ4v) is 2.97. The van der Waals surface area contributed by atoms with Gasteiger partial charge in [-0.3, -0.25) is 0 Å². The average Bonchev–Trinajstić information content (AvgIpc) is 2.13. The smallest absolute Gasteiger partial charge is 0.146 e. The molecule has 14 heavy (non-hydrogen) atoms. The zero-order chi connectivity index (χ0) is 10.9. The van der Waals surface area contributed by atoms with Crippen LogP contribution in [0.15, 0.2) is 12.1 Å². The van der Waals surface area contributed by atoms with Crippen molar-refractivity contribution in [3.8, 4) is 0 Å². The minimum Gasteiger partial charge on any atom is -0.146 e. The Morgan fingerprint density at radius 1 is 1.07 bits per heavy atom. The van der Waals surface area contributed by atoms with Crippen molar-refractivity contribution in [1.82, 2.24) is 0 Å². The molecule has 0 saturated carbocycles. The van der Waals surface area contributed by atoms with Gasteiger partial charge >= 0.3 is 0 Å². The molecule has 0 heterocycles. The van der Waals surface area contributed by atoms with Crippen LogP contribution in [0, 0.1) is 0 Å². The average molecular weight is 307 g/mol. The van der Waals surface area contributed by atoms with Crippen LogP contribution < -0.4 is 0 Å². The minimum absolute atomic E-state index is 0.0191. The lowest BCUT2D eigenvalue weighted by atomic mass is 10.2. The largest absolute Gasteiger partial charge is 0.281 e. The molecule has 6 heteroatoms. The van der Waals surface area contributed by atoms with Crippen LogP contribution >= 0.6 is 57.0 Å². The summed E-state index contributed by atoms with van der Waals surface area (Å²) in [6, 6.07) is 3.50. The van der Waals surface area contributed by atoms with Crippen molar-refractivity contribution in [2.24, 2.45) is 0 Å². The summed E-state index contributed by atoms with van der Waals surface area (Å²) >= 11 is 29.4. The highest BCUT2D eigenvalue weighted by Gasteiger charge is 2.21. The number of hydrogen-bond acceptors (Lipinski definition) is 0. The minimum atomic E-state index is -1.46. The highest BCUT2D eigenvalue weighted by Crippen LogP contribution is 2.37. The van der Waals surface area contributed by atoms with Crippen molar-refractivity contribution in [3.63, 3.8) is 0 Å². The first-order chi connectivity index (χ1) is 6.45. The van der Waals surface area contributed by atoms with Gasteiger partial charge in [0.25, 0.3) is 7.42 Å². The molecule has 1 aromatic carbocycles. The Labute approximate surface area is 109 Å². The van der Waals surface area contributed by atoms with Gasteiger partial charge in [0.2, 0.25) is 0 Å². The molecule has 0 bridgehead atoms. The molecule has 0 saturated heterocycles. The van der Waals surface area contributed by atoms with Crippen LogP contribution in [0.4, 0.5) is 0 Å². The molecule has 0 nitrogen and oxygen atoms in total. The molecule has 0 amide bonds. The fraction of sp³-hybridized carbons (Fsp3) is 0.250. The van der Waals surface area contributed by atoms with Crippen LogP contribution in [0.2, 0.25) is 15.1 Å². The zero-order valence-corrected chi connectivity index (χ0v) is 11.9. The molecule has 1 atom stereocenters. The molecule has 0 aromatic heterocycles. The molecular formula is C8H6Cl5Si. The predicted molar refractivity (Wildman–Crippen MR) is 67.3 cm³/mol. The lowest BCUT2D eigenvalue weighted by Gasteiger charge is -2.13. The SMILES string of the molecule is CC(c1ccc(Cl)c(Cl)c1Cl)[Si](Cl)Cl. The second kappa shape index (κ2) is 5.29. The number of hydrogen-bond donors (Lipinski definition) is 0. The maximum atomic E-state index is 6.02. The van der Waals surface area contributed by atoms with Crippen LogP contribution in [0.5, 0.6) is 0 Å². The van der Waals surface area contributed by atoms with E-state index in [1.165, 1.54) is 0 Å². The molecule has 1 aromatic rings. The van der Waals surface area contributed by atoms with E-state index >= 15 is 0 Å². The van der Waals surface area contributed by atoms with Gasteiger partial charge < -0.3 is 0 Å². The Balaban J connectivity index is 3.17. The summed E-state index contributed by atoms with van der Waals surface area (Å²) in [7, 11) is -1.46. The molecule has 0 N–H and O–H groups in total. The maximum absolute atomic E-state index is 6.02. The molecular weight excluding hydrogens is 301 g/mol. The first kappa shape index (κ1) is 13.0. The highest BCUT2D eigenvalue weighted by molar-refractivity contribution is 7.34. The third kappa shape index (κ3) is 2.72. The third-order valence-electron chi connectivity index (χ3n) is 1.86. The van der Waals surface area contributed by atoms with Crippen molar-refractivity contribution in [2.75, 3.05) is 0 Å². The van der Waals surface area contributed by atoms with Gasteiger partial charge in [-0.2, -0.15) is 0 Å². The van der Waals surface area contributed by atoms with Gasteiger partial charge in [0.15, 0.2) is 0 Å². The molecule has 77 valence electrons. The second-order valence-corrected chi connectivity index (χ2v) is 8.41. The first-order valence-corrected chi connectivity index (χ1v) is 8.50. The van der Waals surface area contributed by atoms with Crippen molar-refractivity contribution in [2.45, 2.75) is 12.5 Å². The van der Waals surface area contributed by atoms with E-state index in [2.05, 4.69) is 0 Å². The molecule has 0 aliphatic rings. The van der Waals surface area contributed by atoms with E-state index in [0.717, 1.165) is 5.56 Å². The van der Waals surface area contributed by atoms with Gasteiger partial charge in [0.1, 0.15) is 0 Å². The van der Waals surface area contributed by atoms with Crippen LogP contribution in [-0.2, 0) is 0 Å². The normalized spacial score (nSPS) is 13.4. The summed E-state index contributed by atoms with van der Waals surface area (Å²) in [5, 5.41) is 1.23. The third-order valence-corrected chi connectivity index (χ3v) is 6.10. The van der Waals surface area contributed by atoms with Crippen LogP contribution in [-0.4, -0.2) is 7.42 Å². The van der Waals surface area contributed by atoms with Gasteiger partial charge in [-0.25, -0.2) is 0 Å². The summed E-state index contributed by atoms with van der Waals surface area (Å²) < 4.78 is 0. The lowest BCUT2D eigenvalue weighted by molar-refractivity contribution is 1.07. The van der Waals surface area contributed by atoms with E-state index in [1.54, 1.807) is 12.1 Å². The Kier molecular flexibility index (Phi) is 4.89. The van der Waals surface area contributed by atoms with Crippen LogP contribution in [0.25, 0.3) is 0 Å². The van der Waals surface area contributed by atoms with E-state index in [-0.39, 0.29) is 5.54 Å². The standard InChI is InChI=1S/C8H6Cl5Si/c1-4(14(12)13)5-2-3-6(9)8(11)7(5)10/h2-4H,1H3. The van der Waals surface area contributed by atoms with Crippen molar-refractivity contribution >= 4 is 64.4 Å². The van der Waals surface area contributed by atoms with Crippen LogP contribution in [0.1, 0.15) is 18.0 Å². The summed E-state index contributed by atoms with van der Waals surface area (Å²) in [6.45, 7) is 1.92. The summed E-state index contributed by atoms with van der Waals surface area (Å²) in [5.74, 6) is 0. The Morgan fingerprint density at radius 2 is 1.64 bits per heavy atom. The molecule has 0 spiro atoms. The number of rotatable bonds is 2. The highest BCUT2D eigenvalue weighted by atomic mass is 35.7. The van der Waals surface area contributed by atoms with E-state index in [1.807, 2.05) is 6.92 Å². The van der Waals surface area contributed by atoms with Gasteiger partial charge in [0, 0.05) is 5.54 Å².